The molecule has 1 aromatic heterocycles. The molecule has 29 heavy (non-hydrogen) atoms. The molecule has 0 aliphatic heterocycles. The highest BCUT2D eigenvalue weighted by Gasteiger charge is 2.03. The zero-order valence-corrected chi connectivity index (χ0v) is 16.9. The van der Waals surface area contributed by atoms with E-state index in [-0.39, 0.29) is 5.82 Å². The number of para-hydroxylation sites is 1. The highest BCUT2D eigenvalue weighted by atomic mass is 79.9. The fourth-order valence-electron chi connectivity index (χ4n) is 2.76. The number of fused-ring (bicyclic) bond motifs is 1. The van der Waals surface area contributed by atoms with Gasteiger partial charge < -0.3 is 4.74 Å². The van der Waals surface area contributed by atoms with Gasteiger partial charge in [0, 0.05) is 5.39 Å². The van der Waals surface area contributed by atoms with Gasteiger partial charge in [-0.25, -0.2) is 9.37 Å². The van der Waals surface area contributed by atoms with Crippen molar-refractivity contribution in [3.63, 3.8) is 0 Å². The highest BCUT2D eigenvalue weighted by Crippen LogP contribution is 2.26. The molecule has 4 nitrogen and oxygen atoms in total. The fourth-order valence-corrected chi connectivity index (χ4v) is 3.27. The topological polar surface area (TPSA) is 46.5 Å². The molecule has 0 radical (unpaired) electrons. The van der Waals surface area contributed by atoms with Crippen LogP contribution in [-0.2, 0) is 6.61 Å². The molecule has 0 unspecified atom stereocenters. The number of ether oxygens (including phenoxy) is 1. The Morgan fingerprint density at radius 1 is 1.00 bits per heavy atom. The van der Waals surface area contributed by atoms with Crippen LogP contribution in [0, 0.1) is 5.82 Å². The molecule has 0 aliphatic carbocycles. The molecule has 3 aromatic carbocycles. The van der Waals surface area contributed by atoms with Crippen LogP contribution in [0.4, 0.5) is 10.2 Å². The van der Waals surface area contributed by atoms with E-state index in [1.807, 2.05) is 54.6 Å². The summed E-state index contributed by atoms with van der Waals surface area (Å²) in [6, 6.07) is 23.8. The van der Waals surface area contributed by atoms with Gasteiger partial charge in [0.2, 0.25) is 0 Å². The van der Waals surface area contributed by atoms with Crippen molar-refractivity contribution in [1.29, 1.82) is 0 Å². The van der Waals surface area contributed by atoms with Crippen LogP contribution in [0.2, 0.25) is 0 Å². The second-order valence-electron chi connectivity index (χ2n) is 6.36. The van der Waals surface area contributed by atoms with Gasteiger partial charge in [-0.15, -0.1) is 0 Å². The Labute approximate surface area is 176 Å². The van der Waals surface area contributed by atoms with Crippen molar-refractivity contribution in [2.24, 2.45) is 5.10 Å². The number of rotatable bonds is 6. The monoisotopic (exact) mass is 449 g/mol. The lowest BCUT2D eigenvalue weighted by Gasteiger charge is -2.09. The molecule has 0 bridgehead atoms. The minimum atomic E-state index is -0.258. The molecule has 144 valence electrons. The van der Waals surface area contributed by atoms with Crippen molar-refractivity contribution in [3.05, 3.63) is 100 Å². The van der Waals surface area contributed by atoms with E-state index < -0.39 is 0 Å². The van der Waals surface area contributed by atoms with E-state index in [2.05, 4.69) is 31.4 Å². The molecule has 0 fully saturated rings. The summed E-state index contributed by atoms with van der Waals surface area (Å²) in [5.41, 5.74) is 5.67. The second kappa shape index (κ2) is 8.84. The summed E-state index contributed by atoms with van der Waals surface area (Å²) in [6.45, 7) is 0.363. The Hall–Kier alpha value is -3.25. The van der Waals surface area contributed by atoms with Gasteiger partial charge >= 0.3 is 0 Å². The van der Waals surface area contributed by atoms with E-state index >= 15 is 0 Å². The summed E-state index contributed by atoms with van der Waals surface area (Å²) in [7, 11) is 0. The first-order chi connectivity index (χ1) is 14.2. The summed E-state index contributed by atoms with van der Waals surface area (Å²) < 4.78 is 19.6. The number of anilines is 1. The molecule has 6 heteroatoms. The molecule has 0 amide bonds. The first-order valence-electron chi connectivity index (χ1n) is 8.99. The van der Waals surface area contributed by atoms with E-state index in [9.17, 15) is 4.39 Å². The fraction of sp³-hybridized carbons (Fsp3) is 0.0435. The molecule has 0 saturated heterocycles. The van der Waals surface area contributed by atoms with Gasteiger partial charge in [-0.3, -0.25) is 5.43 Å². The van der Waals surface area contributed by atoms with Crippen molar-refractivity contribution in [2.75, 3.05) is 5.43 Å². The lowest BCUT2D eigenvalue weighted by atomic mass is 10.2. The third kappa shape index (κ3) is 4.97. The zero-order chi connectivity index (χ0) is 20.1. The van der Waals surface area contributed by atoms with E-state index in [1.165, 1.54) is 12.1 Å². The van der Waals surface area contributed by atoms with Crippen LogP contribution in [0.5, 0.6) is 5.75 Å². The van der Waals surface area contributed by atoms with Gasteiger partial charge in [0.05, 0.1) is 16.2 Å². The van der Waals surface area contributed by atoms with Crippen LogP contribution in [-0.4, -0.2) is 11.2 Å². The van der Waals surface area contributed by atoms with Gasteiger partial charge in [-0.2, -0.15) is 5.10 Å². The molecule has 0 spiro atoms. The molecule has 4 aromatic rings. The average Bonchev–Trinajstić information content (AvgIpc) is 2.74. The number of halogens is 2. The number of benzene rings is 3. The SMILES string of the molecule is Fc1ccc(COc2ccc(/C=N\Nc3ccc4ccccc4n3)cc2Br)cc1. The number of pyridine rings is 1. The predicted octanol–water partition coefficient (Wildman–Crippen LogP) is 6.16. The maximum Gasteiger partial charge on any atom is 0.146 e. The summed E-state index contributed by atoms with van der Waals surface area (Å²) in [4.78, 5) is 4.52. The molecular weight excluding hydrogens is 433 g/mol. The zero-order valence-electron chi connectivity index (χ0n) is 15.3. The molecule has 0 atom stereocenters. The number of nitrogens with zero attached hydrogens (tertiary/aromatic N) is 2. The van der Waals surface area contributed by atoms with E-state index in [4.69, 9.17) is 4.74 Å². The summed E-state index contributed by atoms with van der Waals surface area (Å²) in [6.07, 6.45) is 1.71. The third-order valence-corrected chi connectivity index (χ3v) is 4.87. The molecule has 4 rings (SSSR count). The van der Waals surface area contributed by atoms with Gasteiger partial charge in [-0.1, -0.05) is 30.3 Å². The Bertz CT molecular complexity index is 1160. The standard InChI is InChI=1S/C23H17BrFN3O/c24-20-13-17(7-11-22(20)29-15-16-5-9-19(25)10-6-16)14-26-28-23-12-8-18-3-1-2-4-21(18)27-23/h1-14H,15H2,(H,27,28)/b26-14-. The number of hydrogen-bond acceptors (Lipinski definition) is 4. The Kier molecular flexibility index (Phi) is 5.81. The quantitative estimate of drug-likeness (QED) is 0.283. The molecular formula is C23H17BrFN3O. The summed E-state index contributed by atoms with van der Waals surface area (Å²) in [5.74, 6) is 1.12. The Morgan fingerprint density at radius 2 is 1.83 bits per heavy atom. The van der Waals surface area contributed by atoms with Crippen LogP contribution in [0.15, 0.2) is 88.4 Å². The molecule has 1 N–H and O–H groups in total. The first-order valence-corrected chi connectivity index (χ1v) is 9.78. The Morgan fingerprint density at radius 3 is 2.66 bits per heavy atom. The third-order valence-electron chi connectivity index (χ3n) is 4.25. The first kappa shape index (κ1) is 19.1. The van der Waals surface area contributed by atoms with Gasteiger partial charge in [0.25, 0.3) is 0 Å². The minimum Gasteiger partial charge on any atom is -0.488 e. The number of aromatic nitrogens is 1. The van der Waals surface area contributed by atoms with Gasteiger partial charge in [0.15, 0.2) is 0 Å². The second-order valence-corrected chi connectivity index (χ2v) is 7.22. The van der Waals surface area contributed by atoms with Gasteiger partial charge in [0.1, 0.15) is 24.0 Å². The van der Waals surface area contributed by atoms with Crippen LogP contribution >= 0.6 is 15.9 Å². The van der Waals surface area contributed by atoms with Crippen molar-refractivity contribution in [2.45, 2.75) is 6.61 Å². The van der Waals surface area contributed by atoms with Crippen molar-refractivity contribution < 1.29 is 9.13 Å². The highest BCUT2D eigenvalue weighted by molar-refractivity contribution is 9.10. The van der Waals surface area contributed by atoms with Crippen molar-refractivity contribution in [1.82, 2.24) is 4.98 Å². The van der Waals surface area contributed by atoms with Crippen molar-refractivity contribution >= 4 is 38.9 Å². The van der Waals surface area contributed by atoms with Crippen LogP contribution < -0.4 is 10.2 Å². The largest absolute Gasteiger partial charge is 0.488 e. The molecule has 0 aliphatic rings. The Balaban J connectivity index is 1.38. The maximum atomic E-state index is 13.0. The maximum absolute atomic E-state index is 13.0. The van der Waals surface area contributed by atoms with Crippen LogP contribution in [0.3, 0.4) is 0 Å². The van der Waals surface area contributed by atoms with Crippen molar-refractivity contribution in [3.8, 4) is 5.75 Å². The number of hydrazone groups is 1. The predicted molar refractivity (Wildman–Crippen MR) is 118 cm³/mol. The number of nitrogens with one attached hydrogen (secondary N) is 1. The summed E-state index contributed by atoms with van der Waals surface area (Å²) in [5, 5.41) is 5.34. The van der Waals surface area contributed by atoms with Gasteiger partial charge in [-0.05, 0) is 75.6 Å². The molecule has 0 saturated carbocycles. The van der Waals surface area contributed by atoms with E-state index in [0.717, 1.165) is 26.5 Å². The smallest absolute Gasteiger partial charge is 0.146 e. The normalized spacial score (nSPS) is 11.1. The lowest BCUT2D eigenvalue weighted by molar-refractivity contribution is 0.304. The minimum absolute atomic E-state index is 0.258. The van der Waals surface area contributed by atoms with Crippen LogP contribution in [0.1, 0.15) is 11.1 Å². The molecule has 1 heterocycles. The van der Waals surface area contributed by atoms with E-state index in [0.29, 0.717) is 18.2 Å². The average molecular weight is 450 g/mol. The van der Waals surface area contributed by atoms with Crippen LogP contribution in [0.25, 0.3) is 10.9 Å². The van der Waals surface area contributed by atoms with E-state index in [1.54, 1.807) is 18.3 Å². The number of hydrogen-bond donors (Lipinski definition) is 1. The summed E-state index contributed by atoms with van der Waals surface area (Å²) >= 11 is 3.52. The lowest BCUT2D eigenvalue weighted by Crippen LogP contribution is -1.97.